The largest absolute Gasteiger partial charge is 0.372 e. The normalized spacial score (nSPS) is 22.6. The molecule has 150 valence electrons. The molecule has 0 aliphatic carbocycles. The number of benzene rings is 2. The molecule has 0 radical (unpaired) electrons. The molecule has 0 spiro atoms. The minimum absolute atomic E-state index is 0.136. The maximum atomic E-state index is 14.4. The molecule has 2 aromatic carbocycles. The van der Waals surface area contributed by atoms with Crippen molar-refractivity contribution in [1.82, 2.24) is 4.90 Å². The van der Waals surface area contributed by atoms with E-state index in [1.165, 1.54) is 0 Å². The third-order valence-electron chi connectivity index (χ3n) is 5.01. The Morgan fingerprint density at radius 3 is 2.21 bits per heavy atom. The fourth-order valence-electron chi connectivity index (χ4n) is 3.92. The van der Waals surface area contributed by atoms with E-state index < -0.39 is 23.4 Å². The lowest BCUT2D eigenvalue weighted by atomic mass is 10.0. The van der Waals surface area contributed by atoms with E-state index in [1.54, 1.807) is 30.3 Å². The van der Waals surface area contributed by atoms with Crippen molar-refractivity contribution in [1.29, 1.82) is 0 Å². The van der Waals surface area contributed by atoms with Crippen LogP contribution in [0.15, 0.2) is 54.2 Å². The molecule has 2 aliphatic heterocycles. The highest BCUT2D eigenvalue weighted by molar-refractivity contribution is 6.45. The van der Waals surface area contributed by atoms with E-state index in [-0.39, 0.29) is 29.2 Å². The van der Waals surface area contributed by atoms with Crippen LogP contribution in [-0.2, 0) is 14.3 Å². The Kier molecular flexibility index (Phi) is 4.92. The highest BCUT2D eigenvalue weighted by Crippen LogP contribution is 2.36. The van der Waals surface area contributed by atoms with Crippen LogP contribution >= 0.6 is 0 Å². The number of ether oxygens (including phenoxy) is 1. The minimum Gasteiger partial charge on any atom is -0.372 e. The number of halogens is 2. The van der Waals surface area contributed by atoms with E-state index in [2.05, 4.69) is 0 Å². The zero-order valence-electron chi connectivity index (χ0n) is 16.1. The van der Waals surface area contributed by atoms with Crippen LogP contribution in [0.5, 0.6) is 0 Å². The Morgan fingerprint density at radius 2 is 1.59 bits per heavy atom. The van der Waals surface area contributed by atoms with Gasteiger partial charge in [-0.25, -0.2) is 13.7 Å². The summed E-state index contributed by atoms with van der Waals surface area (Å²) in [4.78, 5) is 29.3. The lowest BCUT2D eigenvalue weighted by Gasteiger charge is -2.37. The van der Waals surface area contributed by atoms with Gasteiger partial charge in [-0.3, -0.25) is 9.59 Å². The van der Waals surface area contributed by atoms with Gasteiger partial charge in [0, 0.05) is 19.2 Å². The standard InChI is InChI=1S/C22H20F2N2O3/c1-13-11-25(12-14(2)29-13)20-19(15-6-4-3-5-7-15)21(27)26(22(20)28)18-9-8-16(23)10-17(18)24/h3-10,13-14H,11-12H2,1-2H3. The molecular weight excluding hydrogens is 378 g/mol. The second-order valence-electron chi connectivity index (χ2n) is 7.29. The first kappa shape index (κ1) is 19.3. The van der Waals surface area contributed by atoms with Crippen LogP contribution < -0.4 is 4.90 Å². The maximum absolute atomic E-state index is 14.4. The fourth-order valence-corrected chi connectivity index (χ4v) is 3.92. The Labute approximate surface area is 167 Å². The van der Waals surface area contributed by atoms with E-state index in [0.717, 1.165) is 17.0 Å². The summed E-state index contributed by atoms with van der Waals surface area (Å²) < 4.78 is 33.5. The van der Waals surface area contributed by atoms with Crippen molar-refractivity contribution in [2.75, 3.05) is 18.0 Å². The molecule has 0 bridgehead atoms. The SMILES string of the molecule is CC1CN(C2=C(c3ccccc3)C(=O)N(c3ccc(F)cc3F)C2=O)CC(C)O1. The van der Waals surface area contributed by atoms with Gasteiger partial charge in [-0.05, 0) is 31.5 Å². The molecule has 0 saturated carbocycles. The van der Waals surface area contributed by atoms with Crippen LogP contribution in [0, 0.1) is 11.6 Å². The van der Waals surface area contributed by atoms with Crippen LogP contribution in [0.4, 0.5) is 14.5 Å². The Balaban J connectivity index is 1.84. The van der Waals surface area contributed by atoms with Crippen molar-refractivity contribution in [2.45, 2.75) is 26.1 Å². The number of carbonyl (C=O) groups excluding carboxylic acids is 2. The molecule has 5 nitrogen and oxygen atoms in total. The maximum Gasteiger partial charge on any atom is 0.282 e. The van der Waals surface area contributed by atoms with Crippen molar-refractivity contribution in [3.63, 3.8) is 0 Å². The Morgan fingerprint density at radius 1 is 0.931 bits per heavy atom. The van der Waals surface area contributed by atoms with Crippen molar-refractivity contribution < 1.29 is 23.1 Å². The number of rotatable bonds is 3. The van der Waals surface area contributed by atoms with E-state index in [1.807, 2.05) is 18.7 Å². The predicted octanol–water partition coefficient (Wildman–Crippen LogP) is 3.36. The molecule has 4 rings (SSSR count). The summed E-state index contributed by atoms with van der Waals surface area (Å²) in [5, 5.41) is 0. The second kappa shape index (κ2) is 7.40. The summed E-state index contributed by atoms with van der Waals surface area (Å²) >= 11 is 0. The third-order valence-corrected chi connectivity index (χ3v) is 5.01. The summed E-state index contributed by atoms with van der Waals surface area (Å²) in [6, 6.07) is 11.6. The summed E-state index contributed by atoms with van der Waals surface area (Å²) in [7, 11) is 0. The number of hydrogen-bond acceptors (Lipinski definition) is 4. The lowest BCUT2D eigenvalue weighted by molar-refractivity contribution is -0.121. The topological polar surface area (TPSA) is 49.9 Å². The van der Waals surface area contributed by atoms with Gasteiger partial charge in [-0.15, -0.1) is 0 Å². The minimum atomic E-state index is -0.968. The quantitative estimate of drug-likeness (QED) is 0.744. The number of morpholine rings is 1. The van der Waals surface area contributed by atoms with Crippen molar-refractivity contribution in [3.8, 4) is 0 Å². The third kappa shape index (κ3) is 3.42. The molecule has 1 fully saturated rings. The Hall–Kier alpha value is -3.06. The Bertz CT molecular complexity index is 996. The molecule has 0 N–H and O–H groups in total. The van der Waals surface area contributed by atoms with E-state index in [4.69, 9.17) is 4.74 Å². The summed E-state index contributed by atoms with van der Waals surface area (Å²) in [6.07, 6.45) is -0.273. The van der Waals surface area contributed by atoms with Crippen LogP contribution in [0.3, 0.4) is 0 Å². The highest BCUT2D eigenvalue weighted by atomic mass is 19.1. The molecular formula is C22H20F2N2O3. The molecule has 2 aromatic rings. The predicted molar refractivity (Wildman–Crippen MR) is 104 cm³/mol. The zero-order chi connectivity index (χ0) is 20.7. The van der Waals surface area contributed by atoms with Gasteiger partial charge in [0.25, 0.3) is 11.8 Å². The van der Waals surface area contributed by atoms with Gasteiger partial charge in [0.2, 0.25) is 0 Å². The number of nitrogens with zero attached hydrogens (tertiary/aromatic N) is 2. The fraction of sp³-hybridized carbons (Fsp3) is 0.273. The van der Waals surface area contributed by atoms with Gasteiger partial charge in [0.05, 0.1) is 23.5 Å². The van der Waals surface area contributed by atoms with Gasteiger partial charge >= 0.3 is 0 Å². The smallest absolute Gasteiger partial charge is 0.282 e. The highest BCUT2D eigenvalue weighted by Gasteiger charge is 2.44. The first-order chi connectivity index (χ1) is 13.9. The molecule has 29 heavy (non-hydrogen) atoms. The van der Waals surface area contributed by atoms with Crippen molar-refractivity contribution >= 4 is 23.1 Å². The molecule has 7 heteroatoms. The summed E-state index contributed by atoms with van der Waals surface area (Å²) in [6.45, 7) is 4.64. The van der Waals surface area contributed by atoms with Gasteiger partial charge in [0.1, 0.15) is 17.3 Å². The number of amides is 2. The number of anilines is 1. The number of hydrogen-bond donors (Lipinski definition) is 0. The van der Waals surface area contributed by atoms with Gasteiger partial charge < -0.3 is 9.64 Å². The van der Waals surface area contributed by atoms with Gasteiger partial charge in [-0.2, -0.15) is 0 Å². The molecule has 2 unspecified atom stereocenters. The average Bonchev–Trinajstić information content (AvgIpc) is 2.92. The van der Waals surface area contributed by atoms with Crippen LogP contribution in [0.2, 0.25) is 0 Å². The zero-order valence-corrected chi connectivity index (χ0v) is 16.1. The summed E-state index contributed by atoms with van der Waals surface area (Å²) in [5.74, 6) is -3.00. The van der Waals surface area contributed by atoms with Crippen LogP contribution in [0.1, 0.15) is 19.4 Å². The molecule has 1 saturated heterocycles. The lowest BCUT2D eigenvalue weighted by Crippen LogP contribution is -2.47. The number of imide groups is 1. The average molecular weight is 398 g/mol. The molecule has 2 atom stereocenters. The summed E-state index contributed by atoms with van der Waals surface area (Å²) in [5.41, 5.74) is 0.726. The van der Waals surface area contributed by atoms with Crippen molar-refractivity contribution in [3.05, 3.63) is 71.4 Å². The molecule has 2 heterocycles. The number of carbonyl (C=O) groups is 2. The second-order valence-corrected chi connectivity index (χ2v) is 7.29. The van der Waals surface area contributed by atoms with E-state index in [0.29, 0.717) is 24.7 Å². The van der Waals surface area contributed by atoms with Crippen LogP contribution in [0.25, 0.3) is 5.57 Å². The first-order valence-electron chi connectivity index (χ1n) is 9.40. The van der Waals surface area contributed by atoms with Gasteiger partial charge in [-0.1, -0.05) is 30.3 Å². The molecule has 0 aromatic heterocycles. The van der Waals surface area contributed by atoms with E-state index in [9.17, 15) is 18.4 Å². The first-order valence-corrected chi connectivity index (χ1v) is 9.40. The molecule has 2 amide bonds. The monoisotopic (exact) mass is 398 g/mol. The molecule has 2 aliphatic rings. The van der Waals surface area contributed by atoms with Gasteiger partial charge in [0.15, 0.2) is 0 Å². The van der Waals surface area contributed by atoms with E-state index >= 15 is 0 Å². The van der Waals surface area contributed by atoms with Crippen LogP contribution in [-0.4, -0.2) is 42.0 Å². The van der Waals surface area contributed by atoms with Crippen molar-refractivity contribution in [2.24, 2.45) is 0 Å².